The van der Waals surface area contributed by atoms with E-state index in [-0.39, 0.29) is 29.7 Å². The Morgan fingerprint density at radius 1 is 1.07 bits per heavy atom. The summed E-state index contributed by atoms with van der Waals surface area (Å²) in [5, 5.41) is 5.90. The SMILES string of the molecule is Cc1ccoc1C(=O)NC1CCN(C(=O)c2ccc(NC(=O)C3CC3C)cc2)CC1. The highest BCUT2D eigenvalue weighted by Crippen LogP contribution is 2.38. The molecule has 2 unspecified atom stereocenters. The molecule has 7 heteroatoms. The lowest BCUT2D eigenvalue weighted by Crippen LogP contribution is -2.46. The molecule has 1 saturated carbocycles. The second-order valence-electron chi connectivity index (χ2n) is 8.36. The highest BCUT2D eigenvalue weighted by Gasteiger charge is 2.39. The minimum atomic E-state index is -0.208. The van der Waals surface area contributed by atoms with Crippen LogP contribution in [0.3, 0.4) is 0 Å². The molecular weight excluding hydrogens is 382 g/mol. The summed E-state index contributed by atoms with van der Waals surface area (Å²) in [6, 6.07) is 8.84. The fourth-order valence-corrected chi connectivity index (χ4v) is 3.88. The Balaban J connectivity index is 1.27. The monoisotopic (exact) mass is 409 g/mol. The normalized spacial score (nSPS) is 21.2. The Bertz CT molecular complexity index is 942. The number of anilines is 1. The number of furan rings is 1. The molecule has 2 fully saturated rings. The fraction of sp³-hybridized carbons (Fsp3) is 0.435. The van der Waals surface area contributed by atoms with Crippen LogP contribution in [0.4, 0.5) is 5.69 Å². The van der Waals surface area contributed by atoms with Crippen LogP contribution in [-0.4, -0.2) is 41.8 Å². The van der Waals surface area contributed by atoms with Gasteiger partial charge in [0.05, 0.1) is 6.26 Å². The third-order valence-electron chi connectivity index (χ3n) is 6.03. The number of aryl methyl sites for hydroxylation is 1. The molecule has 2 aromatic rings. The van der Waals surface area contributed by atoms with E-state index in [1.54, 1.807) is 35.2 Å². The van der Waals surface area contributed by atoms with Crippen molar-refractivity contribution < 1.29 is 18.8 Å². The highest BCUT2D eigenvalue weighted by atomic mass is 16.3. The number of piperidine rings is 1. The first kappa shape index (κ1) is 20.2. The molecule has 7 nitrogen and oxygen atoms in total. The van der Waals surface area contributed by atoms with Gasteiger partial charge < -0.3 is 20.0 Å². The molecule has 2 aliphatic rings. The first-order valence-electron chi connectivity index (χ1n) is 10.5. The number of carbonyl (C=O) groups is 3. The van der Waals surface area contributed by atoms with Gasteiger partial charge in [0.15, 0.2) is 5.76 Å². The average molecular weight is 409 g/mol. The number of nitrogens with one attached hydrogen (secondary N) is 2. The number of benzene rings is 1. The van der Waals surface area contributed by atoms with Gasteiger partial charge in [-0.15, -0.1) is 0 Å². The largest absolute Gasteiger partial charge is 0.459 e. The van der Waals surface area contributed by atoms with Gasteiger partial charge >= 0.3 is 0 Å². The number of carbonyl (C=O) groups excluding carboxylic acids is 3. The molecule has 2 heterocycles. The number of nitrogens with zero attached hydrogens (tertiary/aromatic N) is 1. The summed E-state index contributed by atoms with van der Waals surface area (Å²) in [7, 11) is 0. The maximum Gasteiger partial charge on any atom is 0.287 e. The van der Waals surface area contributed by atoms with Crippen LogP contribution in [0.25, 0.3) is 0 Å². The molecule has 1 aromatic carbocycles. The second kappa shape index (κ2) is 8.34. The number of hydrogen-bond donors (Lipinski definition) is 2. The van der Waals surface area contributed by atoms with E-state index in [2.05, 4.69) is 17.6 Å². The van der Waals surface area contributed by atoms with E-state index in [0.717, 1.165) is 12.0 Å². The molecule has 1 aromatic heterocycles. The molecule has 3 amide bonds. The lowest BCUT2D eigenvalue weighted by molar-refractivity contribution is -0.117. The average Bonchev–Trinajstić information content (AvgIpc) is 3.32. The van der Waals surface area contributed by atoms with Crippen LogP contribution >= 0.6 is 0 Å². The predicted octanol–water partition coefficient (Wildman–Crippen LogP) is 3.22. The van der Waals surface area contributed by atoms with Gasteiger partial charge in [0.2, 0.25) is 5.91 Å². The van der Waals surface area contributed by atoms with Crippen molar-refractivity contribution in [2.24, 2.45) is 11.8 Å². The summed E-state index contributed by atoms with van der Waals surface area (Å²) in [6.07, 6.45) is 3.85. The molecule has 0 spiro atoms. The molecule has 1 aliphatic heterocycles. The second-order valence-corrected chi connectivity index (χ2v) is 8.36. The standard InChI is InChI=1S/C23H27N3O4/c1-14-9-12-30-20(14)22(28)25-18-7-10-26(11-8-18)23(29)16-3-5-17(6-4-16)24-21(27)19-13-15(19)2/h3-6,9,12,15,18-19H,7-8,10-11,13H2,1-2H3,(H,24,27)(H,25,28). The van der Waals surface area contributed by atoms with Crippen LogP contribution in [0.1, 0.15) is 52.7 Å². The minimum Gasteiger partial charge on any atom is -0.459 e. The molecule has 1 saturated heterocycles. The topological polar surface area (TPSA) is 91.7 Å². The van der Waals surface area contributed by atoms with Crippen molar-refractivity contribution in [1.29, 1.82) is 0 Å². The summed E-state index contributed by atoms with van der Waals surface area (Å²) < 4.78 is 5.24. The molecule has 158 valence electrons. The molecule has 1 aliphatic carbocycles. The van der Waals surface area contributed by atoms with Gasteiger partial charge in [0.25, 0.3) is 11.8 Å². The zero-order chi connectivity index (χ0) is 21.3. The van der Waals surface area contributed by atoms with Crippen LogP contribution < -0.4 is 10.6 Å². The third-order valence-corrected chi connectivity index (χ3v) is 6.03. The van der Waals surface area contributed by atoms with Crippen molar-refractivity contribution in [3.63, 3.8) is 0 Å². The van der Waals surface area contributed by atoms with Crippen LogP contribution in [0.15, 0.2) is 41.0 Å². The molecular formula is C23H27N3O4. The highest BCUT2D eigenvalue weighted by molar-refractivity contribution is 5.97. The van der Waals surface area contributed by atoms with E-state index in [4.69, 9.17) is 4.42 Å². The lowest BCUT2D eigenvalue weighted by atomic mass is 10.0. The van der Waals surface area contributed by atoms with Gasteiger partial charge in [-0.3, -0.25) is 14.4 Å². The molecule has 0 bridgehead atoms. The van der Waals surface area contributed by atoms with Gasteiger partial charge in [-0.2, -0.15) is 0 Å². The maximum atomic E-state index is 12.8. The van der Waals surface area contributed by atoms with E-state index >= 15 is 0 Å². The van der Waals surface area contributed by atoms with Crippen LogP contribution in [-0.2, 0) is 4.79 Å². The summed E-state index contributed by atoms with van der Waals surface area (Å²) in [4.78, 5) is 38.9. The quantitative estimate of drug-likeness (QED) is 0.793. The van der Waals surface area contributed by atoms with Crippen molar-refractivity contribution in [3.05, 3.63) is 53.5 Å². The van der Waals surface area contributed by atoms with Crippen LogP contribution in [0, 0.1) is 18.8 Å². The summed E-state index contributed by atoms with van der Waals surface area (Å²) in [5.74, 6) is 0.731. The summed E-state index contributed by atoms with van der Waals surface area (Å²) >= 11 is 0. The summed E-state index contributed by atoms with van der Waals surface area (Å²) in [6.45, 7) is 5.07. The van der Waals surface area contributed by atoms with Crippen LogP contribution in [0.5, 0.6) is 0 Å². The molecule has 4 rings (SSSR count). The van der Waals surface area contributed by atoms with E-state index in [1.165, 1.54) is 6.26 Å². The number of rotatable bonds is 5. The van der Waals surface area contributed by atoms with E-state index in [1.807, 2.05) is 6.92 Å². The third kappa shape index (κ3) is 4.40. The number of hydrogen-bond acceptors (Lipinski definition) is 4. The smallest absolute Gasteiger partial charge is 0.287 e. The molecule has 30 heavy (non-hydrogen) atoms. The van der Waals surface area contributed by atoms with Gasteiger partial charge in [0, 0.05) is 41.9 Å². The summed E-state index contributed by atoms with van der Waals surface area (Å²) in [5.41, 5.74) is 2.12. The van der Waals surface area contributed by atoms with Crippen molar-refractivity contribution >= 4 is 23.4 Å². The zero-order valence-corrected chi connectivity index (χ0v) is 17.3. The van der Waals surface area contributed by atoms with Gasteiger partial charge in [-0.05, 0) is 62.4 Å². The Hall–Kier alpha value is -3.09. The Morgan fingerprint density at radius 2 is 1.73 bits per heavy atom. The van der Waals surface area contributed by atoms with Crippen molar-refractivity contribution in [1.82, 2.24) is 10.2 Å². The Kier molecular flexibility index (Phi) is 5.61. The Morgan fingerprint density at radius 3 is 2.30 bits per heavy atom. The van der Waals surface area contributed by atoms with Crippen molar-refractivity contribution in [2.75, 3.05) is 18.4 Å². The van der Waals surface area contributed by atoms with E-state index < -0.39 is 0 Å². The van der Waals surface area contributed by atoms with E-state index in [0.29, 0.717) is 48.9 Å². The Labute approximate surface area is 175 Å². The van der Waals surface area contributed by atoms with Crippen LogP contribution in [0.2, 0.25) is 0 Å². The molecule has 2 atom stereocenters. The first-order chi connectivity index (χ1) is 14.4. The molecule has 0 radical (unpaired) electrons. The first-order valence-corrected chi connectivity index (χ1v) is 10.5. The van der Waals surface area contributed by atoms with Gasteiger partial charge in [-0.1, -0.05) is 6.92 Å². The van der Waals surface area contributed by atoms with E-state index in [9.17, 15) is 14.4 Å². The lowest BCUT2D eigenvalue weighted by Gasteiger charge is -2.32. The van der Waals surface area contributed by atoms with Crippen molar-refractivity contribution in [2.45, 2.75) is 39.2 Å². The fourth-order valence-electron chi connectivity index (χ4n) is 3.88. The number of amides is 3. The zero-order valence-electron chi connectivity index (χ0n) is 17.3. The maximum absolute atomic E-state index is 12.8. The van der Waals surface area contributed by atoms with Gasteiger partial charge in [-0.25, -0.2) is 0 Å². The van der Waals surface area contributed by atoms with Crippen molar-refractivity contribution in [3.8, 4) is 0 Å². The molecule has 2 N–H and O–H groups in total. The minimum absolute atomic E-state index is 0.0217. The van der Waals surface area contributed by atoms with Gasteiger partial charge in [0.1, 0.15) is 0 Å². The number of likely N-dealkylation sites (tertiary alicyclic amines) is 1. The predicted molar refractivity (Wildman–Crippen MR) is 112 cm³/mol.